The molecule has 0 fully saturated rings. The van der Waals surface area contributed by atoms with Crippen LogP contribution in [0.2, 0.25) is 0 Å². The molecule has 4 rings (SSSR count). The number of nitrogens with one attached hydrogen (secondary N) is 2. The number of amides is 1. The van der Waals surface area contributed by atoms with Crippen LogP contribution in [0.1, 0.15) is 63.7 Å². The van der Waals surface area contributed by atoms with E-state index in [9.17, 15) is 9.59 Å². The molecule has 0 aliphatic rings. The highest BCUT2D eigenvalue weighted by molar-refractivity contribution is 6.04. The van der Waals surface area contributed by atoms with E-state index in [0.29, 0.717) is 5.56 Å². The molecule has 0 heterocycles. The van der Waals surface area contributed by atoms with E-state index < -0.39 is 0 Å². The summed E-state index contributed by atoms with van der Waals surface area (Å²) in [4.78, 5) is 22.7. The highest BCUT2D eigenvalue weighted by Crippen LogP contribution is 2.16. The molecule has 0 aromatic heterocycles. The SMILES string of the molecule is CC.CCc1ccc(C(=O)Nc2ccc(/C=C/c3ccc(NC)cc3)cc2)cc1.C[N+](C)(C)Cc1ccc(C=O)cc1. The summed E-state index contributed by atoms with van der Waals surface area (Å²) in [6, 6.07) is 31.5. The maximum atomic E-state index is 12.3. The van der Waals surface area contributed by atoms with E-state index in [2.05, 4.69) is 63.0 Å². The number of rotatable bonds is 9. The zero-order valence-electron chi connectivity index (χ0n) is 26.1. The molecule has 42 heavy (non-hydrogen) atoms. The first-order chi connectivity index (χ1) is 20.2. The third kappa shape index (κ3) is 11.9. The first kappa shape index (κ1) is 33.7. The van der Waals surface area contributed by atoms with Gasteiger partial charge in [0.15, 0.2) is 0 Å². The first-order valence-corrected chi connectivity index (χ1v) is 14.5. The molecule has 4 aromatic carbocycles. The number of anilines is 2. The van der Waals surface area contributed by atoms with E-state index in [1.165, 1.54) is 11.1 Å². The topological polar surface area (TPSA) is 58.2 Å². The number of hydrogen-bond donors (Lipinski definition) is 2. The molecular weight excluding hydrogens is 518 g/mol. The normalized spacial score (nSPS) is 10.5. The van der Waals surface area contributed by atoms with Crippen LogP contribution in [-0.2, 0) is 13.0 Å². The van der Waals surface area contributed by atoms with Gasteiger partial charge in [-0.2, -0.15) is 0 Å². The number of quaternary nitrogens is 1. The average Bonchev–Trinajstić information content (AvgIpc) is 3.02. The van der Waals surface area contributed by atoms with Crippen molar-refractivity contribution in [3.8, 4) is 0 Å². The van der Waals surface area contributed by atoms with E-state index >= 15 is 0 Å². The molecule has 0 unspecified atom stereocenters. The Kier molecular flexibility index (Phi) is 13.9. The lowest BCUT2D eigenvalue weighted by atomic mass is 10.1. The fraction of sp³-hybridized carbons (Fsp3) is 0.243. The summed E-state index contributed by atoms with van der Waals surface area (Å²) < 4.78 is 0.903. The van der Waals surface area contributed by atoms with Crippen molar-refractivity contribution in [1.82, 2.24) is 0 Å². The predicted octanol–water partition coefficient (Wildman–Crippen LogP) is 8.44. The second-order valence-corrected chi connectivity index (χ2v) is 10.6. The van der Waals surface area contributed by atoms with Crippen LogP contribution < -0.4 is 10.6 Å². The molecule has 0 radical (unpaired) electrons. The Morgan fingerprint density at radius 1 is 0.667 bits per heavy atom. The number of nitrogens with zero attached hydrogens (tertiary/aromatic N) is 1. The summed E-state index contributed by atoms with van der Waals surface area (Å²) in [6.07, 6.45) is 5.97. The summed E-state index contributed by atoms with van der Waals surface area (Å²) in [5.41, 5.74) is 8.00. The van der Waals surface area contributed by atoms with Gasteiger partial charge in [-0.3, -0.25) is 9.59 Å². The van der Waals surface area contributed by atoms with Crippen molar-refractivity contribution < 1.29 is 14.1 Å². The first-order valence-electron chi connectivity index (χ1n) is 14.5. The minimum absolute atomic E-state index is 0.0921. The van der Waals surface area contributed by atoms with Crippen molar-refractivity contribution in [2.75, 3.05) is 38.8 Å². The van der Waals surface area contributed by atoms with Crippen molar-refractivity contribution in [3.63, 3.8) is 0 Å². The van der Waals surface area contributed by atoms with Gasteiger partial charge in [-0.15, -0.1) is 0 Å². The van der Waals surface area contributed by atoms with Gasteiger partial charge >= 0.3 is 0 Å². The molecule has 0 bridgehead atoms. The second kappa shape index (κ2) is 17.4. The Morgan fingerprint density at radius 2 is 1.12 bits per heavy atom. The van der Waals surface area contributed by atoms with Gasteiger partial charge < -0.3 is 15.1 Å². The van der Waals surface area contributed by atoms with Gasteiger partial charge in [-0.05, 0) is 59.5 Å². The quantitative estimate of drug-likeness (QED) is 0.122. The number of aldehydes is 1. The van der Waals surface area contributed by atoms with E-state index in [0.717, 1.165) is 51.8 Å². The molecule has 0 saturated carbocycles. The molecule has 1 amide bonds. The second-order valence-electron chi connectivity index (χ2n) is 10.6. The van der Waals surface area contributed by atoms with Crippen molar-refractivity contribution in [2.24, 2.45) is 0 Å². The zero-order valence-corrected chi connectivity index (χ0v) is 26.1. The number of carbonyl (C=O) groups excluding carboxylic acids is 2. The maximum absolute atomic E-state index is 12.3. The van der Waals surface area contributed by atoms with Gasteiger partial charge in [0.1, 0.15) is 12.8 Å². The van der Waals surface area contributed by atoms with Crippen LogP contribution in [0.25, 0.3) is 12.2 Å². The van der Waals surface area contributed by atoms with E-state index in [1.54, 1.807) is 0 Å². The molecular formula is C37H46N3O2+. The van der Waals surface area contributed by atoms with Gasteiger partial charge in [0.2, 0.25) is 0 Å². The Hall–Kier alpha value is -4.48. The highest BCUT2D eigenvalue weighted by Gasteiger charge is 2.08. The molecule has 0 aliphatic heterocycles. The fourth-order valence-corrected chi connectivity index (χ4v) is 3.98. The molecule has 220 valence electrons. The highest BCUT2D eigenvalue weighted by atomic mass is 16.1. The van der Waals surface area contributed by atoms with E-state index in [4.69, 9.17) is 0 Å². The number of benzene rings is 4. The lowest BCUT2D eigenvalue weighted by molar-refractivity contribution is -0.884. The standard InChI is InChI=1S/C24H24N2O.C11H16NO.C2H6/c1-3-18-6-12-21(13-7-18)24(27)26-23-16-10-20(11-17-23)5-4-19-8-14-22(25-2)15-9-19;1-12(2,3)8-10-4-6-11(9-13)7-5-10;1-2/h4-17,25H,3H2,1-2H3,(H,26,27);4-7,9H,8H2,1-3H3;1-2H3/q;+1;/b5-4+;;. The molecule has 4 aromatic rings. The van der Waals surface area contributed by atoms with E-state index in [1.807, 2.05) is 106 Å². The van der Waals surface area contributed by atoms with Gasteiger partial charge in [-0.1, -0.05) is 93.6 Å². The van der Waals surface area contributed by atoms with Crippen molar-refractivity contribution in [2.45, 2.75) is 33.7 Å². The molecule has 0 atom stereocenters. The maximum Gasteiger partial charge on any atom is 0.255 e. The Labute approximate surface area is 252 Å². The largest absolute Gasteiger partial charge is 0.388 e. The number of carbonyl (C=O) groups is 2. The minimum atomic E-state index is -0.0921. The van der Waals surface area contributed by atoms with Crippen LogP contribution in [0, 0.1) is 0 Å². The molecule has 5 nitrogen and oxygen atoms in total. The Balaban J connectivity index is 0.000000345. The van der Waals surface area contributed by atoms with Crippen LogP contribution in [0.3, 0.4) is 0 Å². The van der Waals surface area contributed by atoms with Crippen molar-refractivity contribution in [3.05, 3.63) is 130 Å². The third-order valence-electron chi connectivity index (χ3n) is 6.23. The van der Waals surface area contributed by atoms with Crippen LogP contribution >= 0.6 is 0 Å². The molecule has 0 saturated heterocycles. The third-order valence-corrected chi connectivity index (χ3v) is 6.23. The Morgan fingerprint density at radius 3 is 1.55 bits per heavy atom. The minimum Gasteiger partial charge on any atom is -0.388 e. The van der Waals surface area contributed by atoms with Crippen molar-refractivity contribution >= 4 is 35.7 Å². The molecule has 0 spiro atoms. The van der Waals surface area contributed by atoms with Crippen molar-refractivity contribution in [1.29, 1.82) is 0 Å². The lowest BCUT2D eigenvalue weighted by Crippen LogP contribution is -2.33. The van der Waals surface area contributed by atoms with Gasteiger partial charge in [0.05, 0.1) is 21.1 Å². The fourth-order valence-electron chi connectivity index (χ4n) is 3.98. The number of hydrogen-bond acceptors (Lipinski definition) is 3. The summed E-state index contributed by atoms with van der Waals surface area (Å²) in [7, 11) is 8.35. The Bertz CT molecular complexity index is 1380. The van der Waals surface area contributed by atoms with Crippen LogP contribution in [-0.4, -0.2) is 44.9 Å². The van der Waals surface area contributed by atoms with Gasteiger partial charge in [-0.25, -0.2) is 0 Å². The predicted molar refractivity (Wildman–Crippen MR) is 180 cm³/mol. The average molecular weight is 565 g/mol. The monoisotopic (exact) mass is 564 g/mol. The summed E-state index contributed by atoms with van der Waals surface area (Å²) in [5.74, 6) is -0.0921. The summed E-state index contributed by atoms with van der Waals surface area (Å²) >= 11 is 0. The number of aryl methyl sites for hydroxylation is 1. The lowest BCUT2D eigenvalue weighted by Gasteiger charge is -2.23. The summed E-state index contributed by atoms with van der Waals surface area (Å²) in [5, 5.41) is 6.05. The smallest absolute Gasteiger partial charge is 0.255 e. The van der Waals surface area contributed by atoms with Crippen LogP contribution in [0.15, 0.2) is 97.1 Å². The van der Waals surface area contributed by atoms with Gasteiger partial charge in [0.25, 0.3) is 5.91 Å². The molecule has 2 N–H and O–H groups in total. The zero-order chi connectivity index (χ0) is 31.0. The van der Waals surface area contributed by atoms with Gasteiger partial charge in [0, 0.05) is 35.1 Å². The summed E-state index contributed by atoms with van der Waals surface area (Å²) in [6.45, 7) is 7.08. The van der Waals surface area contributed by atoms with Crippen LogP contribution in [0.5, 0.6) is 0 Å². The molecule has 0 aliphatic carbocycles. The van der Waals surface area contributed by atoms with E-state index in [-0.39, 0.29) is 5.91 Å². The van der Waals surface area contributed by atoms with Crippen LogP contribution in [0.4, 0.5) is 11.4 Å². The molecule has 5 heteroatoms.